The lowest BCUT2D eigenvalue weighted by Gasteiger charge is -2.28. The van der Waals surface area contributed by atoms with E-state index < -0.39 is 23.4 Å². The van der Waals surface area contributed by atoms with Crippen LogP contribution in [0.1, 0.15) is 47.1 Å². The number of rotatable bonds is 3. The molecule has 0 aliphatic carbocycles. The van der Waals surface area contributed by atoms with Crippen LogP contribution in [0.15, 0.2) is 24.3 Å². The van der Waals surface area contributed by atoms with Crippen LogP contribution in [0.2, 0.25) is 0 Å². The first kappa shape index (κ1) is 20.5. The van der Waals surface area contributed by atoms with Crippen LogP contribution in [-0.4, -0.2) is 28.7 Å². The normalized spacial score (nSPS) is 11.8. The van der Waals surface area contributed by atoms with Crippen LogP contribution in [0.25, 0.3) is 0 Å². The van der Waals surface area contributed by atoms with Gasteiger partial charge < -0.3 is 9.47 Å². The Kier molecular flexibility index (Phi) is 6.84. The second-order valence-electron chi connectivity index (χ2n) is 7.40. The van der Waals surface area contributed by atoms with Crippen molar-refractivity contribution in [3.05, 3.63) is 29.8 Å². The van der Waals surface area contributed by atoms with Gasteiger partial charge in [0.1, 0.15) is 11.2 Å². The van der Waals surface area contributed by atoms with Crippen LogP contribution in [0.5, 0.6) is 0 Å². The fourth-order valence-electron chi connectivity index (χ4n) is 1.86. The van der Waals surface area contributed by atoms with Gasteiger partial charge in [0.15, 0.2) is 0 Å². The van der Waals surface area contributed by atoms with Gasteiger partial charge in [-0.1, -0.05) is 28.1 Å². The average Bonchev–Trinajstić information content (AvgIpc) is 2.35. The third-order valence-corrected chi connectivity index (χ3v) is 3.10. The molecule has 0 aliphatic rings. The standard InChI is InChI=1S/C18H26BrNO4/c1-17(2,3)23-15(21)20(16(22)24-18(4,5)6)14-9-7-8-13(12-14)10-11-19/h7-9,12H,10-11H2,1-6H3. The van der Waals surface area contributed by atoms with Gasteiger partial charge in [-0.25, -0.2) is 9.59 Å². The van der Waals surface area contributed by atoms with Crippen LogP contribution >= 0.6 is 15.9 Å². The number of halogens is 1. The van der Waals surface area contributed by atoms with E-state index in [1.807, 2.05) is 6.07 Å². The van der Waals surface area contributed by atoms with Gasteiger partial charge in [0, 0.05) is 5.33 Å². The Bertz CT molecular complexity index is 559. The van der Waals surface area contributed by atoms with E-state index in [1.165, 1.54) is 0 Å². The van der Waals surface area contributed by atoms with Crippen LogP contribution in [-0.2, 0) is 15.9 Å². The van der Waals surface area contributed by atoms with Gasteiger partial charge in [-0.05, 0) is 65.7 Å². The highest BCUT2D eigenvalue weighted by molar-refractivity contribution is 9.09. The zero-order valence-electron chi connectivity index (χ0n) is 15.2. The smallest absolute Gasteiger partial charge is 0.424 e. The van der Waals surface area contributed by atoms with Crippen LogP contribution in [0.4, 0.5) is 15.3 Å². The first-order valence-electron chi connectivity index (χ1n) is 7.84. The van der Waals surface area contributed by atoms with E-state index >= 15 is 0 Å². The molecular weight excluding hydrogens is 374 g/mol. The van der Waals surface area contributed by atoms with Gasteiger partial charge in [-0.15, -0.1) is 0 Å². The lowest BCUT2D eigenvalue weighted by Crippen LogP contribution is -2.43. The Hall–Kier alpha value is -1.56. The summed E-state index contributed by atoms with van der Waals surface area (Å²) in [5.41, 5.74) is -0.00578. The number of carbonyl (C=O) groups is 2. The summed E-state index contributed by atoms with van der Waals surface area (Å²) in [4.78, 5) is 26.0. The molecule has 134 valence electrons. The molecular formula is C18H26BrNO4. The van der Waals surface area contributed by atoms with Crippen LogP contribution in [0, 0.1) is 0 Å². The minimum Gasteiger partial charge on any atom is -0.443 e. The molecule has 0 saturated heterocycles. The number of benzene rings is 1. The summed E-state index contributed by atoms with van der Waals surface area (Å²) in [6.45, 7) is 10.5. The molecule has 5 nitrogen and oxygen atoms in total. The molecule has 0 radical (unpaired) electrons. The topological polar surface area (TPSA) is 55.8 Å². The van der Waals surface area contributed by atoms with Gasteiger partial charge in [-0.2, -0.15) is 4.90 Å². The van der Waals surface area contributed by atoms with Crippen molar-refractivity contribution in [3.8, 4) is 0 Å². The molecule has 0 unspecified atom stereocenters. The molecule has 0 heterocycles. The summed E-state index contributed by atoms with van der Waals surface area (Å²) in [7, 11) is 0. The van der Waals surface area contributed by atoms with E-state index in [1.54, 1.807) is 59.7 Å². The van der Waals surface area contributed by atoms with Crippen molar-refractivity contribution in [2.45, 2.75) is 59.2 Å². The Morgan fingerprint density at radius 1 is 1.00 bits per heavy atom. The number of nitrogens with zero attached hydrogens (tertiary/aromatic N) is 1. The van der Waals surface area contributed by atoms with E-state index in [-0.39, 0.29) is 0 Å². The van der Waals surface area contributed by atoms with E-state index in [2.05, 4.69) is 15.9 Å². The number of hydrogen-bond donors (Lipinski definition) is 0. The number of amides is 2. The second kappa shape index (κ2) is 8.01. The van der Waals surface area contributed by atoms with Crippen molar-refractivity contribution in [2.75, 3.05) is 10.2 Å². The SMILES string of the molecule is CC(C)(C)OC(=O)N(C(=O)OC(C)(C)C)c1cccc(CCBr)c1. The Morgan fingerprint density at radius 3 is 1.92 bits per heavy atom. The van der Waals surface area contributed by atoms with Crippen molar-refractivity contribution in [2.24, 2.45) is 0 Å². The summed E-state index contributed by atoms with van der Waals surface area (Å²) in [5, 5.41) is 0.787. The molecule has 1 aromatic carbocycles. The molecule has 0 spiro atoms. The summed E-state index contributed by atoms with van der Waals surface area (Å²) in [6, 6.07) is 7.21. The highest BCUT2D eigenvalue weighted by atomic mass is 79.9. The number of alkyl halides is 1. The summed E-state index contributed by atoms with van der Waals surface area (Å²) < 4.78 is 10.7. The van der Waals surface area contributed by atoms with Crippen LogP contribution in [0.3, 0.4) is 0 Å². The minimum absolute atomic E-state index is 0.428. The molecule has 0 bridgehead atoms. The quantitative estimate of drug-likeness (QED) is 0.646. The fourth-order valence-corrected chi connectivity index (χ4v) is 2.32. The van der Waals surface area contributed by atoms with Gasteiger partial charge in [0.25, 0.3) is 0 Å². The molecule has 24 heavy (non-hydrogen) atoms. The van der Waals surface area contributed by atoms with Gasteiger partial charge >= 0.3 is 12.2 Å². The summed E-state index contributed by atoms with van der Waals surface area (Å²) in [6.07, 6.45) is -0.731. The monoisotopic (exact) mass is 399 g/mol. The fraction of sp³-hybridized carbons (Fsp3) is 0.556. The molecule has 6 heteroatoms. The first-order valence-corrected chi connectivity index (χ1v) is 8.96. The number of hydrogen-bond acceptors (Lipinski definition) is 4. The van der Waals surface area contributed by atoms with E-state index in [0.29, 0.717) is 5.69 Å². The maximum Gasteiger partial charge on any atom is 0.424 e. The predicted molar refractivity (Wildman–Crippen MR) is 98.9 cm³/mol. The van der Waals surface area contributed by atoms with Gasteiger partial charge in [0.05, 0.1) is 5.69 Å². The lowest BCUT2D eigenvalue weighted by molar-refractivity contribution is 0.0431. The number of carbonyl (C=O) groups excluding carboxylic acids is 2. The molecule has 1 aromatic rings. The maximum absolute atomic E-state index is 12.5. The van der Waals surface area contributed by atoms with Crippen LogP contribution < -0.4 is 4.90 Å². The average molecular weight is 400 g/mol. The van der Waals surface area contributed by atoms with Gasteiger partial charge in [-0.3, -0.25) is 0 Å². The highest BCUT2D eigenvalue weighted by Gasteiger charge is 2.32. The third-order valence-electron chi connectivity index (χ3n) is 2.70. The third kappa shape index (κ3) is 6.91. The number of anilines is 1. The second-order valence-corrected chi connectivity index (χ2v) is 8.20. The minimum atomic E-state index is -0.757. The lowest BCUT2D eigenvalue weighted by atomic mass is 10.1. The molecule has 0 aliphatic heterocycles. The van der Waals surface area contributed by atoms with E-state index in [0.717, 1.165) is 22.2 Å². The Morgan fingerprint density at radius 2 is 1.50 bits per heavy atom. The molecule has 0 N–H and O–H groups in total. The molecule has 1 rings (SSSR count). The van der Waals surface area contributed by atoms with Crippen molar-refractivity contribution in [1.29, 1.82) is 0 Å². The van der Waals surface area contributed by atoms with Crippen molar-refractivity contribution >= 4 is 33.8 Å². The molecule has 0 aromatic heterocycles. The van der Waals surface area contributed by atoms with Crippen molar-refractivity contribution in [1.82, 2.24) is 0 Å². The first-order chi connectivity index (χ1) is 10.9. The number of imide groups is 1. The molecule has 0 fully saturated rings. The van der Waals surface area contributed by atoms with E-state index in [4.69, 9.17) is 9.47 Å². The van der Waals surface area contributed by atoms with E-state index in [9.17, 15) is 9.59 Å². The van der Waals surface area contributed by atoms with Crippen molar-refractivity contribution < 1.29 is 19.1 Å². The summed E-state index contributed by atoms with van der Waals surface area (Å²) >= 11 is 3.39. The Balaban J connectivity index is 3.20. The number of ether oxygens (including phenoxy) is 2. The largest absolute Gasteiger partial charge is 0.443 e. The predicted octanol–water partition coefficient (Wildman–Crippen LogP) is 5.30. The Labute approximate surface area is 152 Å². The van der Waals surface area contributed by atoms with Gasteiger partial charge in [0.2, 0.25) is 0 Å². The highest BCUT2D eigenvalue weighted by Crippen LogP contribution is 2.23. The maximum atomic E-state index is 12.5. The number of aryl methyl sites for hydroxylation is 1. The molecule has 2 amide bonds. The zero-order chi connectivity index (χ0) is 18.5. The zero-order valence-corrected chi connectivity index (χ0v) is 16.8. The molecule has 0 atom stereocenters. The molecule has 0 saturated carbocycles. The summed E-state index contributed by atoms with van der Waals surface area (Å²) in [5.74, 6) is 0. The van der Waals surface area contributed by atoms with Crippen molar-refractivity contribution in [3.63, 3.8) is 0 Å².